The van der Waals surface area contributed by atoms with Crippen LogP contribution in [0.1, 0.15) is 41.0 Å². The third-order valence-electron chi connectivity index (χ3n) is 5.12. The summed E-state index contributed by atoms with van der Waals surface area (Å²) in [6.45, 7) is 2.21. The topological polar surface area (TPSA) is 99.2 Å². The molecule has 0 radical (unpaired) electrons. The quantitative estimate of drug-likeness (QED) is 0.651. The molecule has 142 valence electrons. The summed E-state index contributed by atoms with van der Waals surface area (Å²) >= 11 is 3.60. The molecule has 3 aromatic heterocycles. The molecule has 1 fully saturated rings. The highest BCUT2D eigenvalue weighted by Gasteiger charge is 2.25. The van der Waals surface area contributed by atoms with Gasteiger partial charge in [0.05, 0.1) is 34.0 Å². The number of anilines is 2. The van der Waals surface area contributed by atoms with Crippen LogP contribution in [0.2, 0.25) is 0 Å². The largest absolute Gasteiger partial charge is 0.338 e. The number of aromatic amines is 1. The summed E-state index contributed by atoms with van der Waals surface area (Å²) in [5.74, 6) is 0.605. The average Bonchev–Trinajstić information content (AvgIpc) is 3.33. The Bertz CT molecular complexity index is 1100. The van der Waals surface area contributed by atoms with Gasteiger partial charge in [-0.25, -0.2) is 9.97 Å². The number of hydrogen-bond acceptors (Lipinski definition) is 6. The maximum Gasteiger partial charge on any atom is 0.271 e. The van der Waals surface area contributed by atoms with E-state index in [9.17, 15) is 4.79 Å². The summed E-state index contributed by atoms with van der Waals surface area (Å²) in [6, 6.07) is 1.99. The lowest BCUT2D eigenvalue weighted by molar-refractivity contribution is 0.0718. The molecule has 5 heterocycles. The van der Waals surface area contributed by atoms with Gasteiger partial charge in [0.15, 0.2) is 0 Å². The molecule has 0 aliphatic carbocycles. The highest BCUT2D eigenvalue weighted by molar-refractivity contribution is 9.10. The van der Waals surface area contributed by atoms with E-state index in [0.717, 1.165) is 48.3 Å². The molecule has 1 amide bonds. The maximum atomic E-state index is 13.0. The van der Waals surface area contributed by atoms with Gasteiger partial charge < -0.3 is 15.2 Å². The van der Waals surface area contributed by atoms with Crippen LogP contribution in [-0.2, 0) is 6.54 Å². The molecule has 0 unspecified atom stereocenters. The zero-order valence-corrected chi connectivity index (χ0v) is 16.7. The van der Waals surface area contributed by atoms with E-state index >= 15 is 0 Å². The van der Waals surface area contributed by atoms with E-state index in [1.807, 2.05) is 17.2 Å². The Hall–Kier alpha value is -2.81. The van der Waals surface area contributed by atoms with E-state index in [1.165, 1.54) is 12.7 Å². The predicted octanol–water partition coefficient (Wildman–Crippen LogP) is 3.42. The minimum absolute atomic E-state index is 0.00839. The van der Waals surface area contributed by atoms with Crippen molar-refractivity contribution in [3.63, 3.8) is 0 Å². The van der Waals surface area contributed by atoms with Crippen LogP contribution < -0.4 is 5.32 Å². The first-order valence-corrected chi connectivity index (χ1v) is 10.1. The van der Waals surface area contributed by atoms with Crippen LogP contribution in [0.15, 0.2) is 28.1 Å². The van der Waals surface area contributed by atoms with Crippen molar-refractivity contribution in [1.82, 2.24) is 24.8 Å². The molecule has 0 atom stereocenters. The SMILES string of the molecule is O=C(c1[nH]c2ncnc(Nc3cnc4c(c3)C=NC4)c2c1Br)N1CCCCC1. The predicted molar refractivity (Wildman–Crippen MR) is 110 cm³/mol. The first kappa shape index (κ1) is 17.3. The molecule has 2 aliphatic heterocycles. The van der Waals surface area contributed by atoms with E-state index in [1.54, 1.807) is 6.20 Å². The van der Waals surface area contributed by atoms with Gasteiger partial charge >= 0.3 is 0 Å². The van der Waals surface area contributed by atoms with Crippen molar-refractivity contribution < 1.29 is 4.79 Å². The van der Waals surface area contributed by atoms with Crippen LogP contribution in [-0.4, -0.2) is 50.0 Å². The van der Waals surface area contributed by atoms with Crippen molar-refractivity contribution in [1.29, 1.82) is 0 Å². The zero-order chi connectivity index (χ0) is 19.1. The number of hydrogen-bond donors (Lipinski definition) is 2. The third-order valence-corrected chi connectivity index (χ3v) is 5.92. The Balaban J connectivity index is 1.51. The number of carbonyl (C=O) groups excluding carboxylic acids is 1. The second-order valence-corrected chi connectivity index (χ2v) is 7.76. The summed E-state index contributed by atoms with van der Waals surface area (Å²) in [6.07, 6.45) is 8.34. The number of amides is 1. The van der Waals surface area contributed by atoms with Gasteiger partial charge in [0.2, 0.25) is 0 Å². The van der Waals surface area contributed by atoms with Crippen molar-refractivity contribution in [2.45, 2.75) is 25.8 Å². The van der Waals surface area contributed by atoms with Gasteiger partial charge in [0.25, 0.3) is 5.91 Å². The Morgan fingerprint density at radius 1 is 1.18 bits per heavy atom. The van der Waals surface area contributed by atoms with Gasteiger partial charge in [-0.05, 0) is 41.3 Å². The smallest absolute Gasteiger partial charge is 0.271 e. The van der Waals surface area contributed by atoms with Crippen molar-refractivity contribution in [2.24, 2.45) is 4.99 Å². The fraction of sp³-hybridized carbons (Fsp3) is 0.316. The number of likely N-dealkylation sites (tertiary alicyclic amines) is 1. The number of aromatic nitrogens is 4. The van der Waals surface area contributed by atoms with Gasteiger partial charge in [0.1, 0.15) is 23.5 Å². The number of nitrogens with zero attached hydrogens (tertiary/aromatic N) is 5. The summed E-state index contributed by atoms with van der Waals surface area (Å²) in [5.41, 5.74) is 3.91. The van der Waals surface area contributed by atoms with Gasteiger partial charge in [-0.15, -0.1) is 0 Å². The monoisotopic (exact) mass is 439 g/mol. The van der Waals surface area contributed by atoms with Crippen LogP contribution in [0.5, 0.6) is 0 Å². The number of carbonyl (C=O) groups is 1. The van der Waals surface area contributed by atoms with E-state index in [2.05, 4.69) is 46.2 Å². The first-order valence-electron chi connectivity index (χ1n) is 9.28. The highest BCUT2D eigenvalue weighted by Crippen LogP contribution is 2.34. The van der Waals surface area contributed by atoms with E-state index in [4.69, 9.17) is 0 Å². The third kappa shape index (κ3) is 2.95. The summed E-state index contributed by atoms with van der Waals surface area (Å²) in [5, 5.41) is 4.05. The van der Waals surface area contributed by atoms with Crippen molar-refractivity contribution in [3.05, 3.63) is 40.0 Å². The fourth-order valence-corrected chi connectivity index (χ4v) is 4.32. The molecular weight excluding hydrogens is 422 g/mol. The molecule has 5 rings (SSSR count). The molecule has 0 saturated carbocycles. The van der Waals surface area contributed by atoms with Gasteiger partial charge in [-0.1, -0.05) is 0 Å². The van der Waals surface area contributed by atoms with Gasteiger partial charge in [0, 0.05) is 24.9 Å². The van der Waals surface area contributed by atoms with Crippen molar-refractivity contribution in [3.8, 4) is 0 Å². The molecular formula is C19H18BrN7O. The minimum Gasteiger partial charge on any atom is -0.338 e. The molecule has 2 aliphatic rings. The van der Waals surface area contributed by atoms with Crippen LogP contribution in [0.25, 0.3) is 11.0 Å². The molecule has 0 bridgehead atoms. The number of piperidine rings is 1. The molecule has 8 nitrogen and oxygen atoms in total. The fourth-order valence-electron chi connectivity index (χ4n) is 3.67. The van der Waals surface area contributed by atoms with Crippen LogP contribution in [0, 0.1) is 0 Å². The Morgan fingerprint density at radius 2 is 2.04 bits per heavy atom. The number of halogens is 1. The molecule has 3 aromatic rings. The Morgan fingerprint density at radius 3 is 2.89 bits per heavy atom. The molecule has 28 heavy (non-hydrogen) atoms. The van der Waals surface area contributed by atoms with Crippen LogP contribution >= 0.6 is 15.9 Å². The lowest BCUT2D eigenvalue weighted by atomic mass is 10.1. The number of fused-ring (bicyclic) bond motifs is 2. The lowest BCUT2D eigenvalue weighted by Gasteiger charge is -2.26. The number of aliphatic imine (C=N–C) groups is 1. The zero-order valence-electron chi connectivity index (χ0n) is 15.1. The van der Waals surface area contributed by atoms with Crippen LogP contribution in [0.4, 0.5) is 11.5 Å². The summed E-state index contributed by atoms with van der Waals surface area (Å²) in [4.78, 5) is 35.4. The maximum absolute atomic E-state index is 13.0. The molecule has 2 N–H and O–H groups in total. The average molecular weight is 440 g/mol. The molecule has 0 aromatic carbocycles. The highest BCUT2D eigenvalue weighted by atomic mass is 79.9. The molecule has 1 saturated heterocycles. The number of nitrogens with one attached hydrogen (secondary N) is 2. The lowest BCUT2D eigenvalue weighted by Crippen LogP contribution is -2.35. The molecule has 9 heteroatoms. The summed E-state index contributed by atoms with van der Waals surface area (Å²) in [7, 11) is 0. The van der Waals surface area contributed by atoms with Gasteiger partial charge in [-0.2, -0.15) is 0 Å². The van der Waals surface area contributed by atoms with Crippen LogP contribution in [0.3, 0.4) is 0 Å². The van der Waals surface area contributed by atoms with Crippen molar-refractivity contribution >= 4 is 50.6 Å². The van der Waals surface area contributed by atoms with Gasteiger partial charge in [-0.3, -0.25) is 14.8 Å². The number of pyridine rings is 1. The first-order chi connectivity index (χ1) is 13.7. The van der Waals surface area contributed by atoms with E-state index < -0.39 is 0 Å². The standard InChI is InChI=1S/C19H18BrN7O/c20-15-14-17(25-12-6-11-7-21-9-13(11)22-8-12)23-10-24-18(14)26-16(15)19(28)27-4-2-1-3-5-27/h6-8,10H,1-5,9H2,(H2,23,24,25,26). The molecule has 0 spiro atoms. The van der Waals surface area contributed by atoms with Crippen molar-refractivity contribution in [2.75, 3.05) is 18.4 Å². The Labute approximate surface area is 169 Å². The minimum atomic E-state index is -0.00839. The Kier molecular flexibility index (Phi) is 4.31. The number of H-pyrrole nitrogens is 1. The van der Waals surface area contributed by atoms with E-state index in [0.29, 0.717) is 28.2 Å². The normalized spacial score (nSPS) is 15.8. The second-order valence-electron chi connectivity index (χ2n) is 6.97. The second kappa shape index (κ2) is 6.97. The summed E-state index contributed by atoms with van der Waals surface area (Å²) < 4.78 is 0.678. The number of rotatable bonds is 3. The van der Waals surface area contributed by atoms with E-state index in [-0.39, 0.29) is 5.91 Å².